The molecule has 2 amide bonds. The van der Waals surface area contributed by atoms with Gasteiger partial charge >= 0.3 is 0 Å². The molecule has 2 aliphatic rings. The Labute approximate surface area is 169 Å². The van der Waals surface area contributed by atoms with Crippen molar-refractivity contribution in [3.8, 4) is 0 Å². The maximum atomic E-state index is 13.2. The van der Waals surface area contributed by atoms with Gasteiger partial charge in [-0.1, -0.05) is 30.3 Å². The van der Waals surface area contributed by atoms with Gasteiger partial charge in [0.2, 0.25) is 11.8 Å². The van der Waals surface area contributed by atoms with Crippen LogP contribution in [0.4, 0.5) is 5.82 Å². The second-order valence-corrected chi connectivity index (χ2v) is 7.38. The number of nitrogens with zero attached hydrogens (tertiary/aromatic N) is 4. The maximum Gasteiger partial charge on any atom is 0.242 e. The average molecular weight is 395 g/mol. The first-order chi connectivity index (χ1) is 14.2. The highest BCUT2D eigenvalue weighted by molar-refractivity contribution is 5.87. The molecule has 2 saturated heterocycles. The molecule has 2 fully saturated rings. The summed E-state index contributed by atoms with van der Waals surface area (Å²) in [6.45, 7) is 1.78. The van der Waals surface area contributed by atoms with Crippen molar-refractivity contribution in [3.63, 3.8) is 0 Å². The predicted octanol–water partition coefficient (Wildman–Crippen LogP) is 1.02. The van der Waals surface area contributed by atoms with E-state index in [2.05, 4.69) is 15.3 Å². The molecular weight excluding hydrogens is 370 g/mol. The number of carbonyl (C=O) groups excluding carboxylic acids is 2. The zero-order valence-electron chi connectivity index (χ0n) is 16.4. The Hall–Kier alpha value is -3.00. The molecule has 0 spiro atoms. The summed E-state index contributed by atoms with van der Waals surface area (Å²) in [5.74, 6) is 0.354. The lowest BCUT2D eigenvalue weighted by Gasteiger charge is -2.40. The number of anilines is 1. The van der Waals surface area contributed by atoms with E-state index in [9.17, 15) is 9.59 Å². The third-order valence-electron chi connectivity index (χ3n) is 5.60. The monoisotopic (exact) mass is 395 g/mol. The Kier molecular flexibility index (Phi) is 5.71. The summed E-state index contributed by atoms with van der Waals surface area (Å²) in [5, 5.41) is 2.95. The molecule has 2 aliphatic heterocycles. The molecule has 3 atom stereocenters. The van der Waals surface area contributed by atoms with Crippen LogP contribution in [0.25, 0.3) is 0 Å². The first-order valence-corrected chi connectivity index (χ1v) is 9.82. The molecule has 0 unspecified atom stereocenters. The molecule has 0 bridgehead atoms. The molecule has 8 heteroatoms. The van der Waals surface area contributed by atoms with Gasteiger partial charge in [-0.25, -0.2) is 4.98 Å². The zero-order chi connectivity index (χ0) is 20.2. The van der Waals surface area contributed by atoms with Crippen molar-refractivity contribution in [2.75, 3.05) is 38.3 Å². The Balaban J connectivity index is 1.60. The topological polar surface area (TPSA) is 87.7 Å². The normalized spacial score (nSPS) is 23.8. The molecule has 1 aromatic heterocycles. The Morgan fingerprint density at radius 3 is 2.83 bits per heavy atom. The summed E-state index contributed by atoms with van der Waals surface area (Å²) >= 11 is 0. The summed E-state index contributed by atoms with van der Waals surface area (Å²) in [6, 6.07) is 9.50. The van der Waals surface area contributed by atoms with Crippen molar-refractivity contribution in [2.45, 2.75) is 18.5 Å². The van der Waals surface area contributed by atoms with E-state index >= 15 is 0 Å². The minimum atomic E-state index is -0.301. The van der Waals surface area contributed by atoms with E-state index in [1.54, 1.807) is 25.7 Å². The van der Waals surface area contributed by atoms with Gasteiger partial charge in [0, 0.05) is 32.6 Å². The van der Waals surface area contributed by atoms with Gasteiger partial charge in [0.05, 0.1) is 37.4 Å². The molecular formula is C21H25N5O3. The predicted molar refractivity (Wildman–Crippen MR) is 107 cm³/mol. The van der Waals surface area contributed by atoms with Crippen LogP contribution in [0.3, 0.4) is 0 Å². The third-order valence-corrected chi connectivity index (χ3v) is 5.60. The second kappa shape index (κ2) is 8.57. The van der Waals surface area contributed by atoms with E-state index < -0.39 is 0 Å². The van der Waals surface area contributed by atoms with E-state index in [-0.39, 0.29) is 36.4 Å². The lowest BCUT2D eigenvalue weighted by atomic mass is 9.92. The van der Waals surface area contributed by atoms with Gasteiger partial charge in [0.15, 0.2) is 0 Å². The van der Waals surface area contributed by atoms with Crippen molar-refractivity contribution in [1.29, 1.82) is 0 Å². The first-order valence-electron chi connectivity index (χ1n) is 9.82. The molecule has 2 aromatic rings. The van der Waals surface area contributed by atoms with Crippen LogP contribution < -0.4 is 10.2 Å². The van der Waals surface area contributed by atoms with E-state index in [1.165, 1.54) is 0 Å². The molecule has 29 heavy (non-hydrogen) atoms. The average Bonchev–Trinajstić information content (AvgIpc) is 3.15. The fourth-order valence-electron chi connectivity index (χ4n) is 4.37. The zero-order valence-corrected chi connectivity index (χ0v) is 16.4. The summed E-state index contributed by atoms with van der Waals surface area (Å²) in [4.78, 5) is 38.4. The number of rotatable bonds is 6. The molecule has 1 N–H and O–H groups in total. The number of ether oxygens (including phenoxy) is 1. The minimum absolute atomic E-state index is 0.00736. The number of piperazine rings is 1. The SMILES string of the molecule is COCCNC(=O)[C@@H]1C[C@@H]2CN(c3cnccn3)CC(=O)N2[C@@H]1c1ccccc1. The fraction of sp³-hybridized carbons (Fsp3) is 0.429. The number of fused-ring (bicyclic) bond motifs is 1. The van der Waals surface area contributed by atoms with Gasteiger partial charge in [-0.15, -0.1) is 0 Å². The lowest BCUT2D eigenvalue weighted by Crippen LogP contribution is -2.54. The van der Waals surface area contributed by atoms with Gasteiger partial charge in [-0.3, -0.25) is 14.6 Å². The molecule has 1 aromatic carbocycles. The van der Waals surface area contributed by atoms with E-state index in [4.69, 9.17) is 4.74 Å². The van der Waals surface area contributed by atoms with Gasteiger partial charge in [-0.05, 0) is 12.0 Å². The van der Waals surface area contributed by atoms with Crippen molar-refractivity contribution in [2.24, 2.45) is 5.92 Å². The maximum absolute atomic E-state index is 13.2. The quantitative estimate of drug-likeness (QED) is 0.735. The molecule has 152 valence electrons. The third kappa shape index (κ3) is 3.93. The van der Waals surface area contributed by atoms with Crippen LogP contribution in [0.5, 0.6) is 0 Å². The summed E-state index contributed by atoms with van der Waals surface area (Å²) in [6.07, 6.45) is 5.52. The summed E-state index contributed by atoms with van der Waals surface area (Å²) in [5.41, 5.74) is 0.989. The number of carbonyl (C=O) groups is 2. The van der Waals surface area contributed by atoms with Gasteiger partial charge in [-0.2, -0.15) is 0 Å². The van der Waals surface area contributed by atoms with Crippen LogP contribution in [0.15, 0.2) is 48.9 Å². The van der Waals surface area contributed by atoms with E-state index in [1.807, 2.05) is 40.1 Å². The molecule has 0 aliphatic carbocycles. The van der Waals surface area contributed by atoms with E-state index in [0.717, 1.165) is 5.56 Å². The number of benzene rings is 1. The van der Waals surface area contributed by atoms with Crippen LogP contribution in [0, 0.1) is 5.92 Å². The van der Waals surface area contributed by atoms with Gasteiger partial charge in [0.25, 0.3) is 0 Å². The van der Waals surface area contributed by atoms with Crippen molar-refractivity contribution >= 4 is 17.6 Å². The minimum Gasteiger partial charge on any atom is -0.383 e. The molecule has 3 heterocycles. The molecule has 4 rings (SSSR count). The van der Waals surface area contributed by atoms with Gasteiger partial charge < -0.3 is 19.9 Å². The van der Waals surface area contributed by atoms with Crippen LogP contribution in [-0.2, 0) is 14.3 Å². The highest BCUT2D eigenvalue weighted by Crippen LogP contribution is 2.43. The summed E-state index contributed by atoms with van der Waals surface area (Å²) in [7, 11) is 1.61. The fourth-order valence-corrected chi connectivity index (χ4v) is 4.37. The number of amides is 2. The highest BCUT2D eigenvalue weighted by atomic mass is 16.5. The number of aromatic nitrogens is 2. The number of methoxy groups -OCH3 is 1. The smallest absolute Gasteiger partial charge is 0.242 e. The summed E-state index contributed by atoms with van der Waals surface area (Å²) < 4.78 is 5.04. The van der Waals surface area contributed by atoms with E-state index in [0.29, 0.717) is 31.9 Å². The standard InChI is InChI=1S/C21H25N5O3/c1-29-10-9-24-21(28)17-11-16-13-25(18-12-22-7-8-23-18)14-19(27)26(16)20(17)15-5-3-2-4-6-15/h2-8,12,16-17,20H,9-11,13-14H2,1H3,(H,24,28)/t16-,17-,20-/m1/s1. The number of hydrogen-bond donors (Lipinski definition) is 1. The van der Waals surface area contributed by atoms with Crippen LogP contribution in [0.2, 0.25) is 0 Å². The highest BCUT2D eigenvalue weighted by Gasteiger charge is 2.50. The Bertz CT molecular complexity index is 848. The van der Waals surface area contributed by atoms with Gasteiger partial charge in [0.1, 0.15) is 5.82 Å². The van der Waals surface area contributed by atoms with Crippen LogP contribution in [0.1, 0.15) is 18.0 Å². The number of hydrogen-bond acceptors (Lipinski definition) is 6. The van der Waals surface area contributed by atoms with Crippen molar-refractivity contribution < 1.29 is 14.3 Å². The lowest BCUT2D eigenvalue weighted by molar-refractivity contribution is -0.135. The second-order valence-electron chi connectivity index (χ2n) is 7.38. The van der Waals surface area contributed by atoms with Crippen molar-refractivity contribution in [1.82, 2.24) is 20.2 Å². The molecule has 0 saturated carbocycles. The van der Waals surface area contributed by atoms with Crippen LogP contribution in [-0.4, -0.2) is 66.1 Å². The molecule has 0 radical (unpaired) electrons. The largest absolute Gasteiger partial charge is 0.383 e. The Morgan fingerprint density at radius 2 is 2.10 bits per heavy atom. The number of nitrogens with one attached hydrogen (secondary N) is 1. The molecule has 8 nitrogen and oxygen atoms in total. The van der Waals surface area contributed by atoms with Crippen LogP contribution >= 0.6 is 0 Å². The van der Waals surface area contributed by atoms with Crippen molar-refractivity contribution in [3.05, 3.63) is 54.5 Å². The Morgan fingerprint density at radius 1 is 1.28 bits per heavy atom. The first kappa shape index (κ1) is 19.3.